The number of carbonyl (C=O) groups is 5. The number of carbonyl (C=O) groups excluding carboxylic acids is 4. The molecule has 268 valence electrons. The van der Waals surface area contributed by atoms with Crippen molar-refractivity contribution in [1.82, 2.24) is 9.80 Å². The van der Waals surface area contributed by atoms with Crippen LogP contribution in [0, 0.1) is 0 Å². The number of nitrogens with one attached hydrogen (secondary N) is 1. The number of carboxylic acid groups (broad SMARTS) is 1. The summed E-state index contributed by atoms with van der Waals surface area (Å²) in [6.45, 7) is 0. The Morgan fingerprint density at radius 3 is 1.86 bits per heavy atom. The number of anilines is 2. The maximum absolute atomic E-state index is 13.1. The van der Waals surface area contributed by atoms with Crippen molar-refractivity contribution in [3.63, 3.8) is 0 Å². The van der Waals surface area contributed by atoms with Crippen LogP contribution in [0.15, 0.2) is 84.9 Å². The predicted molar refractivity (Wildman–Crippen MR) is 185 cm³/mol. The van der Waals surface area contributed by atoms with Crippen LogP contribution in [0.5, 0.6) is 0 Å². The molecule has 0 saturated carbocycles. The summed E-state index contributed by atoms with van der Waals surface area (Å²) in [6, 6.07) is 20.2. The molecule has 4 aromatic carbocycles. The lowest BCUT2D eigenvalue weighted by atomic mass is 9.97. The third-order valence-corrected chi connectivity index (χ3v) is 7.35. The Morgan fingerprint density at radius 2 is 1.29 bits per heavy atom. The van der Waals surface area contributed by atoms with E-state index in [0.717, 1.165) is 12.1 Å². The number of ether oxygens (including phenoxy) is 1. The van der Waals surface area contributed by atoms with Crippen molar-refractivity contribution in [2.75, 3.05) is 46.4 Å². The van der Waals surface area contributed by atoms with E-state index in [1.165, 1.54) is 67.4 Å². The topological polar surface area (TPSA) is 159 Å². The van der Waals surface area contributed by atoms with Crippen LogP contribution in [0.1, 0.15) is 47.8 Å². The predicted octanol–water partition coefficient (Wildman–Crippen LogP) is 5.64. The number of aliphatic carboxylic acids is 1. The molecule has 0 fully saturated rings. The van der Waals surface area contributed by atoms with Gasteiger partial charge in [-0.05, 0) is 64.7 Å². The molecule has 0 heterocycles. The van der Waals surface area contributed by atoms with E-state index < -0.39 is 29.5 Å². The number of nitrogens with zero attached hydrogens (tertiary/aromatic N) is 2. The number of nitrogens with two attached hydrogens (primary N) is 1. The zero-order valence-electron chi connectivity index (χ0n) is 28.5. The van der Waals surface area contributed by atoms with E-state index >= 15 is 0 Å². The second kappa shape index (κ2) is 17.0. The summed E-state index contributed by atoms with van der Waals surface area (Å²) in [5.74, 6) is -2.61. The molecule has 3 amide bonds. The molecule has 0 atom stereocenters. The third-order valence-electron chi connectivity index (χ3n) is 7.35. The van der Waals surface area contributed by atoms with Gasteiger partial charge in [-0.15, -0.1) is 0 Å². The van der Waals surface area contributed by atoms with Gasteiger partial charge in [-0.3, -0.25) is 24.0 Å². The van der Waals surface area contributed by atoms with Gasteiger partial charge in [0.2, 0.25) is 0 Å². The SMILES string of the molecule is CN(C)C(=O)c1cc(CC(=O)O)ccc1NC(=O)c1ccccc1-c1ccc(C(F)(F)F)cc1.COC(=O)Cc1ccc(N)c(C(=O)N(C)C)c1. The first-order chi connectivity index (χ1) is 23.9. The van der Waals surface area contributed by atoms with E-state index in [1.54, 1.807) is 50.5 Å². The molecule has 14 heteroatoms. The summed E-state index contributed by atoms with van der Waals surface area (Å²) >= 11 is 0. The molecular formula is C37H37F3N4O7. The highest BCUT2D eigenvalue weighted by Crippen LogP contribution is 2.32. The molecule has 0 saturated heterocycles. The van der Waals surface area contributed by atoms with Crippen LogP contribution in [0.3, 0.4) is 0 Å². The summed E-state index contributed by atoms with van der Waals surface area (Å²) in [6.07, 6.45) is -4.64. The number of esters is 1. The number of benzene rings is 4. The highest BCUT2D eigenvalue weighted by atomic mass is 19.4. The molecule has 0 aliphatic rings. The first kappa shape index (κ1) is 39.3. The number of amides is 3. The fourth-order valence-corrected chi connectivity index (χ4v) is 4.74. The summed E-state index contributed by atoms with van der Waals surface area (Å²) in [5.41, 5.74) is 8.14. The maximum Gasteiger partial charge on any atom is 0.416 e. The minimum atomic E-state index is -4.47. The number of nitrogen functional groups attached to an aromatic ring is 1. The molecular weight excluding hydrogens is 669 g/mol. The first-order valence-corrected chi connectivity index (χ1v) is 15.2. The van der Waals surface area contributed by atoms with Gasteiger partial charge in [-0.25, -0.2) is 0 Å². The quantitative estimate of drug-likeness (QED) is 0.149. The molecule has 0 bridgehead atoms. The average Bonchev–Trinajstić information content (AvgIpc) is 3.08. The monoisotopic (exact) mass is 706 g/mol. The van der Waals surface area contributed by atoms with Crippen molar-refractivity contribution in [2.24, 2.45) is 0 Å². The van der Waals surface area contributed by atoms with E-state index in [1.807, 2.05) is 0 Å². The number of halogens is 3. The number of carboxylic acids is 1. The summed E-state index contributed by atoms with van der Waals surface area (Å²) in [5, 5.41) is 11.7. The number of hydrogen-bond donors (Lipinski definition) is 3. The smallest absolute Gasteiger partial charge is 0.416 e. The standard InChI is InChI=1S/C25H21F3N2O4.C12H16N2O3/c1-30(2)24(34)20-13-15(14-22(31)32)7-12-21(20)29-23(33)19-6-4-3-5-18(19)16-8-10-17(11-9-16)25(26,27)28;1-14(2)12(16)9-6-8(4-5-10(9)13)7-11(15)17-3/h3-13H,14H2,1-2H3,(H,29,33)(H,31,32);4-6H,7,13H2,1-3H3. The van der Waals surface area contributed by atoms with Crippen LogP contribution in [-0.4, -0.2) is 79.9 Å². The number of hydrogen-bond acceptors (Lipinski definition) is 7. The Labute approximate surface area is 292 Å². The van der Waals surface area contributed by atoms with Crippen molar-refractivity contribution < 1.29 is 47.0 Å². The summed E-state index contributed by atoms with van der Waals surface area (Å²) in [7, 11) is 7.67. The lowest BCUT2D eigenvalue weighted by Crippen LogP contribution is -2.24. The zero-order valence-corrected chi connectivity index (χ0v) is 28.5. The summed E-state index contributed by atoms with van der Waals surface area (Å²) < 4.78 is 43.3. The fraction of sp³-hybridized carbons (Fsp3) is 0.216. The second-order valence-electron chi connectivity index (χ2n) is 11.6. The molecule has 11 nitrogen and oxygen atoms in total. The van der Waals surface area contributed by atoms with Crippen LogP contribution < -0.4 is 11.1 Å². The normalized spacial score (nSPS) is 10.7. The number of methoxy groups -OCH3 is 1. The molecule has 51 heavy (non-hydrogen) atoms. The van der Waals surface area contributed by atoms with Crippen molar-refractivity contribution in [2.45, 2.75) is 19.0 Å². The second-order valence-corrected chi connectivity index (χ2v) is 11.6. The molecule has 4 N–H and O–H groups in total. The van der Waals surface area contributed by atoms with Crippen molar-refractivity contribution in [3.8, 4) is 11.1 Å². The molecule has 0 aliphatic carbocycles. The number of alkyl halides is 3. The van der Waals surface area contributed by atoms with Gasteiger partial charge < -0.3 is 30.7 Å². The van der Waals surface area contributed by atoms with Crippen molar-refractivity contribution in [3.05, 3.63) is 118 Å². The Balaban J connectivity index is 0.000000347. The molecule has 4 rings (SSSR count). The van der Waals surface area contributed by atoms with Gasteiger partial charge in [0, 0.05) is 39.4 Å². The highest BCUT2D eigenvalue weighted by Gasteiger charge is 2.30. The fourth-order valence-electron chi connectivity index (χ4n) is 4.74. The Hall–Kier alpha value is -6.18. The first-order valence-electron chi connectivity index (χ1n) is 15.2. The van der Waals surface area contributed by atoms with E-state index in [0.29, 0.717) is 33.5 Å². The van der Waals surface area contributed by atoms with Gasteiger partial charge in [0.15, 0.2) is 0 Å². The Bertz CT molecular complexity index is 1920. The van der Waals surface area contributed by atoms with Gasteiger partial charge in [0.05, 0.1) is 42.3 Å². The Kier molecular flexibility index (Phi) is 13.1. The van der Waals surface area contributed by atoms with Crippen LogP contribution in [-0.2, 0) is 33.3 Å². The molecule has 0 aromatic heterocycles. The van der Waals surface area contributed by atoms with Gasteiger partial charge in [-0.1, -0.05) is 42.5 Å². The Morgan fingerprint density at radius 1 is 0.745 bits per heavy atom. The van der Waals surface area contributed by atoms with Gasteiger partial charge in [-0.2, -0.15) is 13.2 Å². The minimum Gasteiger partial charge on any atom is -0.481 e. The van der Waals surface area contributed by atoms with Crippen LogP contribution in [0.4, 0.5) is 24.5 Å². The molecule has 4 aromatic rings. The third kappa shape index (κ3) is 10.7. The molecule has 0 spiro atoms. The van der Waals surface area contributed by atoms with Gasteiger partial charge >= 0.3 is 18.1 Å². The minimum absolute atomic E-state index is 0.115. The van der Waals surface area contributed by atoms with E-state index in [9.17, 15) is 37.1 Å². The van der Waals surface area contributed by atoms with Crippen molar-refractivity contribution >= 4 is 41.0 Å². The summed E-state index contributed by atoms with van der Waals surface area (Å²) in [4.78, 5) is 62.5. The van der Waals surface area contributed by atoms with E-state index in [2.05, 4.69) is 10.1 Å². The highest BCUT2D eigenvalue weighted by molar-refractivity contribution is 6.12. The zero-order chi connectivity index (χ0) is 38.0. The van der Waals surface area contributed by atoms with E-state index in [4.69, 9.17) is 10.8 Å². The van der Waals surface area contributed by atoms with Crippen molar-refractivity contribution in [1.29, 1.82) is 0 Å². The molecule has 0 radical (unpaired) electrons. The maximum atomic E-state index is 13.1. The number of rotatable bonds is 9. The lowest BCUT2D eigenvalue weighted by Gasteiger charge is -2.17. The van der Waals surface area contributed by atoms with Crippen LogP contribution in [0.25, 0.3) is 11.1 Å². The van der Waals surface area contributed by atoms with Crippen LogP contribution in [0.2, 0.25) is 0 Å². The van der Waals surface area contributed by atoms with Gasteiger partial charge in [0.25, 0.3) is 17.7 Å². The van der Waals surface area contributed by atoms with E-state index in [-0.39, 0.29) is 41.5 Å². The van der Waals surface area contributed by atoms with Crippen LogP contribution >= 0.6 is 0 Å². The van der Waals surface area contributed by atoms with Gasteiger partial charge in [0.1, 0.15) is 0 Å². The molecule has 0 unspecified atom stereocenters. The average molecular weight is 707 g/mol. The lowest BCUT2D eigenvalue weighted by molar-refractivity contribution is -0.140. The molecule has 0 aliphatic heterocycles. The largest absolute Gasteiger partial charge is 0.481 e.